The fraction of sp³-hybridized carbons (Fsp3) is 0.222. The highest BCUT2D eigenvalue weighted by molar-refractivity contribution is 5.90. The van der Waals surface area contributed by atoms with Gasteiger partial charge in [0.05, 0.1) is 19.8 Å². The van der Waals surface area contributed by atoms with Gasteiger partial charge in [-0.15, -0.1) is 0 Å². The predicted octanol–water partition coefficient (Wildman–Crippen LogP) is 3.17. The lowest BCUT2D eigenvalue weighted by Crippen LogP contribution is -2.00. The Morgan fingerprint density at radius 3 is 2.30 bits per heavy atom. The number of carbonyl (C=O) groups is 2. The Balaban J connectivity index is 2.28. The molecule has 2 rings (SSSR count). The predicted molar refractivity (Wildman–Crippen MR) is 85.7 cm³/mol. The van der Waals surface area contributed by atoms with Gasteiger partial charge in [0.2, 0.25) is 0 Å². The normalized spacial score (nSPS) is 10.2. The van der Waals surface area contributed by atoms with Crippen LogP contribution in [-0.4, -0.2) is 31.3 Å². The van der Waals surface area contributed by atoms with Gasteiger partial charge < -0.3 is 14.6 Å². The number of esters is 1. The number of benzene rings is 2. The third-order valence-electron chi connectivity index (χ3n) is 3.51. The quantitative estimate of drug-likeness (QED) is 0.829. The Bertz CT molecular complexity index is 704. The van der Waals surface area contributed by atoms with Crippen LogP contribution in [0.1, 0.15) is 22.3 Å². The molecule has 1 N–H and O–H groups in total. The molecule has 2 aromatic rings. The van der Waals surface area contributed by atoms with Gasteiger partial charge in [0, 0.05) is 12.0 Å². The van der Waals surface area contributed by atoms with Crippen LogP contribution >= 0.6 is 0 Å². The van der Waals surface area contributed by atoms with Crippen molar-refractivity contribution in [1.29, 1.82) is 0 Å². The number of rotatable bonds is 6. The summed E-state index contributed by atoms with van der Waals surface area (Å²) in [6.07, 6.45) is 0.531. The molecular formula is C18H18O5. The zero-order chi connectivity index (χ0) is 16.8. The minimum atomic E-state index is -0.827. The zero-order valence-electron chi connectivity index (χ0n) is 13.0. The molecular weight excluding hydrogens is 296 g/mol. The van der Waals surface area contributed by atoms with Crippen molar-refractivity contribution < 1.29 is 24.2 Å². The number of carboxylic acid groups (broad SMARTS) is 1. The molecule has 5 heteroatoms. The summed E-state index contributed by atoms with van der Waals surface area (Å²) in [5.41, 5.74) is 3.16. The van der Waals surface area contributed by atoms with Gasteiger partial charge in [0.15, 0.2) is 0 Å². The van der Waals surface area contributed by atoms with E-state index in [-0.39, 0.29) is 12.4 Å². The average molecular weight is 314 g/mol. The summed E-state index contributed by atoms with van der Waals surface area (Å²) in [5, 5.41) is 8.76. The third-order valence-corrected chi connectivity index (χ3v) is 3.51. The van der Waals surface area contributed by atoms with E-state index >= 15 is 0 Å². The van der Waals surface area contributed by atoms with Crippen molar-refractivity contribution in [3.8, 4) is 16.9 Å². The first-order chi connectivity index (χ1) is 11.0. The molecule has 0 aliphatic rings. The minimum Gasteiger partial charge on any atom is -0.496 e. The summed E-state index contributed by atoms with van der Waals surface area (Å²) in [5.74, 6) is -0.544. The van der Waals surface area contributed by atoms with E-state index in [1.165, 1.54) is 7.11 Å². The van der Waals surface area contributed by atoms with E-state index in [9.17, 15) is 9.59 Å². The van der Waals surface area contributed by atoms with Crippen molar-refractivity contribution >= 4 is 11.9 Å². The minimum absolute atomic E-state index is 0.0797. The van der Waals surface area contributed by atoms with Crippen molar-refractivity contribution in [2.45, 2.75) is 12.8 Å². The van der Waals surface area contributed by atoms with Gasteiger partial charge in [0.25, 0.3) is 0 Å². The van der Waals surface area contributed by atoms with Crippen molar-refractivity contribution in [3.63, 3.8) is 0 Å². The third kappa shape index (κ3) is 4.10. The molecule has 0 unspecified atom stereocenters. The maximum atomic E-state index is 11.5. The number of carboxylic acids is 1. The lowest BCUT2D eigenvalue weighted by molar-refractivity contribution is -0.136. The highest BCUT2D eigenvalue weighted by Crippen LogP contribution is 2.31. The lowest BCUT2D eigenvalue weighted by Gasteiger charge is -2.11. The first kappa shape index (κ1) is 16.5. The molecule has 0 saturated heterocycles. The molecule has 0 heterocycles. The van der Waals surface area contributed by atoms with Crippen LogP contribution in [0.5, 0.6) is 5.75 Å². The first-order valence-electron chi connectivity index (χ1n) is 7.12. The van der Waals surface area contributed by atoms with Crippen molar-refractivity contribution in [2.75, 3.05) is 14.2 Å². The Morgan fingerprint density at radius 1 is 1.04 bits per heavy atom. The molecule has 0 aliphatic carbocycles. The Labute approximate surface area is 134 Å². The molecule has 0 amide bonds. The molecule has 0 saturated carbocycles. The summed E-state index contributed by atoms with van der Waals surface area (Å²) in [7, 11) is 2.91. The Kier molecular flexibility index (Phi) is 5.36. The van der Waals surface area contributed by atoms with Crippen molar-refractivity contribution in [1.82, 2.24) is 0 Å². The fourth-order valence-corrected chi connectivity index (χ4v) is 2.28. The molecule has 5 nitrogen and oxygen atoms in total. The number of aliphatic carboxylic acids is 1. The second kappa shape index (κ2) is 7.45. The standard InChI is InChI=1S/C18H18O5/c1-22-16-11-12(4-10-17(19)20)3-9-15(16)13-5-7-14(8-6-13)18(21)23-2/h3,5-9,11H,4,10H2,1-2H3,(H,19,20). The molecule has 2 aromatic carbocycles. The van der Waals surface area contributed by atoms with E-state index in [2.05, 4.69) is 4.74 Å². The SMILES string of the molecule is COC(=O)c1ccc(-c2ccc(CCC(=O)O)cc2OC)cc1. The second-order valence-corrected chi connectivity index (χ2v) is 5.00. The monoisotopic (exact) mass is 314 g/mol. The van der Waals surface area contributed by atoms with E-state index < -0.39 is 5.97 Å². The molecule has 0 radical (unpaired) electrons. The van der Waals surface area contributed by atoms with Gasteiger partial charge in [-0.25, -0.2) is 4.79 Å². The van der Waals surface area contributed by atoms with E-state index in [1.807, 2.05) is 30.3 Å². The van der Waals surface area contributed by atoms with E-state index in [1.54, 1.807) is 19.2 Å². The van der Waals surface area contributed by atoms with Gasteiger partial charge in [-0.3, -0.25) is 4.79 Å². The van der Waals surface area contributed by atoms with Crippen LogP contribution < -0.4 is 4.74 Å². The molecule has 0 bridgehead atoms. The van der Waals surface area contributed by atoms with Gasteiger partial charge in [-0.05, 0) is 35.7 Å². The van der Waals surface area contributed by atoms with Crippen LogP contribution in [0.4, 0.5) is 0 Å². The van der Waals surface area contributed by atoms with Crippen molar-refractivity contribution in [3.05, 3.63) is 53.6 Å². The molecule has 0 atom stereocenters. The number of hydrogen-bond acceptors (Lipinski definition) is 4. The number of carbonyl (C=O) groups excluding carboxylic acids is 1. The van der Waals surface area contributed by atoms with Gasteiger partial charge >= 0.3 is 11.9 Å². The van der Waals surface area contributed by atoms with Gasteiger partial charge in [-0.1, -0.05) is 24.3 Å². The van der Waals surface area contributed by atoms with E-state index in [4.69, 9.17) is 9.84 Å². The van der Waals surface area contributed by atoms with Crippen molar-refractivity contribution in [2.24, 2.45) is 0 Å². The molecule has 0 spiro atoms. The lowest BCUT2D eigenvalue weighted by atomic mass is 9.99. The van der Waals surface area contributed by atoms with Crippen LogP contribution in [-0.2, 0) is 16.0 Å². The Morgan fingerprint density at radius 2 is 1.74 bits per heavy atom. The zero-order valence-corrected chi connectivity index (χ0v) is 13.0. The van der Waals surface area contributed by atoms with Crippen LogP contribution in [0.3, 0.4) is 0 Å². The number of ether oxygens (including phenoxy) is 2. The average Bonchev–Trinajstić information content (AvgIpc) is 2.59. The number of methoxy groups -OCH3 is 2. The number of aryl methyl sites for hydroxylation is 1. The number of hydrogen-bond donors (Lipinski definition) is 1. The topological polar surface area (TPSA) is 72.8 Å². The summed E-state index contributed by atoms with van der Waals surface area (Å²) in [6, 6.07) is 12.6. The molecule has 0 fully saturated rings. The van der Waals surface area contributed by atoms with Crippen LogP contribution in [0.25, 0.3) is 11.1 Å². The highest BCUT2D eigenvalue weighted by atomic mass is 16.5. The van der Waals surface area contributed by atoms with Crippen LogP contribution in [0.2, 0.25) is 0 Å². The summed E-state index contributed by atoms with van der Waals surface area (Å²) in [6.45, 7) is 0. The van der Waals surface area contributed by atoms with Gasteiger partial charge in [-0.2, -0.15) is 0 Å². The van der Waals surface area contributed by atoms with Crippen LogP contribution in [0.15, 0.2) is 42.5 Å². The maximum Gasteiger partial charge on any atom is 0.337 e. The van der Waals surface area contributed by atoms with Gasteiger partial charge in [0.1, 0.15) is 5.75 Å². The maximum absolute atomic E-state index is 11.5. The smallest absolute Gasteiger partial charge is 0.337 e. The summed E-state index contributed by atoms with van der Waals surface area (Å²) < 4.78 is 10.1. The Hall–Kier alpha value is -2.82. The molecule has 0 aromatic heterocycles. The van der Waals surface area contributed by atoms with E-state index in [0.29, 0.717) is 17.7 Å². The summed E-state index contributed by atoms with van der Waals surface area (Å²) >= 11 is 0. The van der Waals surface area contributed by atoms with E-state index in [0.717, 1.165) is 16.7 Å². The molecule has 23 heavy (non-hydrogen) atoms. The fourth-order valence-electron chi connectivity index (χ4n) is 2.28. The molecule has 120 valence electrons. The first-order valence-corrected chi connectivity index (χ1v) is 7.12. The highest BCUT2D eigenvalue weighted by Gasteiger charge is 2.10. The van der Waals surface area contributed by atoms with Crippen LogP contribution in [0, 0.1) is 0 Å². The largest absolute Gasteiger partial charge is 0.496 e. The summed E-state index contributed by atoms with van der Waals surface area (Å²) in [4.78, 5) is 22.1. The molecule has 0 aliphatic heterocycles. The second-order valence-electron chi connectivity index (χ2n) is 5.00.